The van der Waals surface area contributed by atoms with Crippen molar-refractivity contribution in [3.63, 3.8) is 0 Å². The normalized spacial score (nSPS) is 15.9. The van der Waals surface area contributed by atoms with Gasteiger partial charge in [0.15, 0.2) is 11.5 Å². The highest BCUT2D eigenvalue weighted by atomic mass is 32.2. The standard InChI is InChI=1S/C22H29NO6S/c1-3-13-23(16-19-17-28-21-7-5-6-8-22(21)29-19)30(24,25)20-11-9-18(10-12-20)27-15-14-26-4-2/h5-12,19H,3-4,13-17H2,1-2H3. The second-order valence-electron chi connectivity index (χ2n) is 6.88. The molecule has 8 heteroatoms. The van der Waals surface area contributed by atoms with Gasteiger partial charge in [-0.25, -0.2) is 8.42 Å². The van der Waals surface area contributed by atoms with Gasteiger partial charge in [-0.1, -0.05) is 19.1 Å². The fraction of sp³-hybridized carbons (Fsp3) is 0.455. The average molecular weight is 436 g/mol. The van der Waals surface area contributed by atoms with Crippen LogP contribution in [0, 0.1) is 0 Å². The van der Waals surface area contributed by atoms with Crippen molar-refractivity contribution in [2.75, 3.05) is 39.5 Å². The number of benzene rings is 2. The van der Waals surface area contributed by atoms with Crippen molar-refractivity contribution in [1.29, 1.82) is 0 Å². The molecule has 1 heterocycles. The van der Waals surface area contributed by atoms with E-state index >= 15 is 0 Å². The number of nitrogens with zero attached hydrogens (tertiary/aromatic N) is 1. The summed E-state index contributed by atoms with van der Waals surface area (Å²) in [5.74, 6) is 1.92. The Bertz CT molecular complexity index is 900. The van der Waals surface area contributed by atoms with Gasteiger partial charge in [-0.3, -0.25) is 0 Å². The SMILES string of the molecule is CCCN(CC1COc2ccccc2O1)S(=O)(=O)c1ccc(OCCOCC)cc1. The number of fused-ring (bicyclic) bond motifs is 1. The molecule has 0 spiro atoms. The number of hydrogen-bond donors (Lipinski definition) is 0. The molecule has 2 aromatic carbocycles. The zero-order valence-electron chi connectivity index (χ0n) is 17.5. The van der Waals surface area contributed by atoms with Gasteiger partial charge in [-0.15, -0.1) is 0 Å². The lowest BCUT2D eigenvalue weighted by Gasteiger charge is -2.30. The first kappa shape index (κ1) is 22.4. The Morgan fingerprint density at radius 1 is 1.03 bits per heavy atom. The van der Waals surface area contributed by atoms with Crippen LogP contribution in [0.4, 0.5) is 0 Å². The van der Waals surface area contributed by atoms with Crippen molar-refractivity contribution in [3.8, 4) is 17.2 Å². The van der Waals surface area contributed by atoms with E-state index in [0.717, 1.165) is 0 Å². The quantitative estimate of drug-likeness (QED) is 0.504. The first-order valence-electron chi connectivity index (χ1n) is 10.2. The lowest BCUT2D eigenvalue weighted by molar-refractivity contribution is 0.0764. The minimum Gasteiger partial charge on any atom is -0.491 e. The Balaban J connectivity index is 1.67. The third-order valence-electron chi connectivity index (χ3n) is 4.61. The molecule has 0 radical (unpaired) electrons. The van der Waals surface area contributed by atoms with Crippen LogP contribution in [0.15, 0.2) is 53.4 Å². The molecular weight excluding hydrogens is 406 g/mol. The van der Waals surface area contributed by atoms with Crippen molar-refractivity contribution < 1.29 is 27.4 Å². The first-order valence-corrected chi connectivity index (χ1v) is 11.7. The molecule has 2 aromatic rings. The third-order valence-corrected chi connectivity index (χ3v) is 6.49. The van der Waals surface area contributed by atoms with E-state index in [1.165, 1.54) is 4.31 Å². The number of ether oxygens (including phenoxy) is 4. The molecule has 7 nitrogen and oxygen atoms in total. The molecular formula is C22H29NO6S. The highest BCUT2D eigenvalue weighted by Gasteiger charge is 2.30. The summed E-state index contributed by atoms with van der Waals surface area (Å²) < 4.78 is 50.4. The molecule has 0 saturated carbocycles. The molecule has 0 N–H and O–H groups in total. The zero-order chi connectivity index (χ0) is 21.4. The smallest absolute Gasteiger partial charge is 0.243 e. The largest absolute Gasteiger partial charge is 0.491 e. The van der Waals surface area contributed by atoms with Gasteiger partial charge >= 0.3 is 0 Å². The molecule has 0 fully saturated rings. The summed E-state index contributed by atoms with van der Waals surface area (Å²) in [6.45, 7) is 6.34. The molecule has 1 unspecified atom stereocenters. The predicted octanol–water partition coefficient (Wildman–Crippen LogP) is 3.34. The van der Waals surface area contributed by atoms with E-state index in [0.29, 0.717) is 56.6 Å². The number of sulfonamides is 1. The van der Waals surface area contributed by atoms with Crippen LogP contribution in [0.1, 0.15) is 20.3 Å². The highest BCUT2D eigenvalue weighted by Crippen LogP contribution is 2.31. The van der Waals surface area contributed by atoms with Gasteiger partial charge in [-0.2, -0.15) is 4.31 Å². The van der Waals surface area contributed by atoms with E-state index in [2.05, 4.69) is 0 Å². The van der Waals surface area contributed by atoms with Crippen LogP contribution in [0.2, 0.25) is 0 Å². The molecule has 3 rings (SSSR count). The molecule has 0 aromatic heterocycles. The predicted molar refractivity (Wildman–Crippen MR) is 114 cm³/mol. The number of rotatable bonds is 11. The summed E-state index contributed by atoms with van der Waals surface area (Å²) in [4.78, 5) is 0.227. The summed E-state index contributed by atoms with van der Waals surface area (Å²) in [5, 5.41) is 0. The molecule has 0 bridgehead atoms. The second-order valence-corrected chi connectivity index (χ2v) is 8.82. The Morgan fingerprint density at radius 3 is 2.47 bits per heavy atom. The van der Waals surface area contributed by atoms with E-state index < -0.39 is 10.0 Å². The maximum absolute atomic E-state index is 13.2. The van der Waals surface area contributed by atoms with Crippen LogP contribution in [-0.2, 0) is 14.8 Å². The van der Waals surface area contributed by atoms with Crippen LogP contribution in [0.5, 0.6) is 17.2 Å². The van der Waals surface area contributed by atoms with Crippen LogP contribution in [-0.4, -0.2) is 58.3 Å². The van der Waals surface area contributed by atoms with Gasteiger partial charge in [0.05, 0.1) is 18.0 Å². The Morgan fingerprint density at radius 2 is 1.77 bits per heavy atom. The molecule has 30 heavy (non-hydrogen) atoms. The number of hydrogen-bond acceptors (Lipinski definition) is 6. The lowest BCUT2D eigenvalue weighted by atomic mass is 10.2. The van der Waals surface area contributed by atoms with Crippen molar-refractivity contribution in [1.82, 2.24) is 4.31 Å². The monoisotopic (exact) mass is 435 g/mol. The van der Waals surface area contributed by atoms with Gasteiger partial charge in [0.2, 0.25) is 10.0 Å². The molecule has 164 valence electrons. The minimum atomic E-state index is -3.67. The average Bonchev–Trinajstić information content (AvgIpc) is 2.77. The third kappa shape index (κ3) is 5.65. The van der Waals surface area contributed by atoms with Crippen molar-refractivity contribution >= 4 is 10.0 Å². The van der Waals surface area contributed by atoms with Gasteiger partial charge in [-0.05, 0) is 49.7 Å². The molecule has 1 aliphatic heterocycles. The van der Waals surface area contributed by atoms with E-state index in [-0.39, 0.29) is 17.5 Å². The maximum Gasteiger partial charge on any atom is 0.243 e. The molecule has 1 atom stereocenters. The topological polar surface area (TPSA) is 74.3 Å². The van der Waals surface area contributed by atoms with E-state index in [9.17, 15) is 8.42 Å². The van der Waals surface area contributed by atoms with Crippen molar-refractivity contribution in [2.45, 2.75) is 31.3 Å². The summed E-state index contributed by atoms with van der Waals surface area (Å²) in [6.07, 6.45) is 0.324. The van der Waals surface area contributed by atoms with Gasteiger partial charge < -0.3 is 18.9 Å². The van der Waals surface area contributed by atoms with Crippen molar-refractivity contribution in [2.24, 2.45) is 0 Å². The van der Waals surface area contributed by atoms with E-state index in [1.807, 2.05) is 38.1 Å². The molecule has 1 aliphatic rings. The molecule has 0 aliphatic carbocycles. The Labute approximate surface area is 178 Å². The highest BCUT2D eigenvalue weighted by molar-refractivity contribution is 7.89. The zero-order valence-corrected chi connectivity index (χ0v) is 18.3. The van der Waals surface area contributed by atoms with Crippen LogP contribution >= 0.6 is 0 Å². The van der Waals surface area contributed by atoms with Gasteiger partial charge in [0.25, 0.3) is 0 Å². The van der Waals surface area contributed by atoms with E-state index in [1.54, 1.807) is 24.3 Å². The summed E-state index contributed by atoms with van der Waals surface area (Å²) >= 11 is 0. The van der Waals surface area contributed by atoms with Crippen molar-refractivity contribution in [3.05, 3.63) is 48.5 Å². The summed E-state index contributed by atoms with van der Waals surface area (Å²) in [7, 11) is -3.67. The van der Waals surface area contributed by atoms with Crippen LogP contribution < -0.4 is 14.2 Å². The van der Waals surface area contributed by atoms with Gasteiger partial charge in [0, 0.05) is 13.2 Å². The fourth-order valence-electron chi connectivity index (χ4n) is 3.16. The van der Waals surface area contributed by atoms with Gasteiger partial charge in [0.1, 0.15) is 25.1 Å². The lowest BCUT2D eigenvalue weighted by Crippen LogP contribution is -2.43. The van der Waals surface area contributed by atoms with Crippen LogP contribution in [0.25, 0.3) is 0 Å². The van der Waals surface area contributed by atoms with E-state index in [4.69, 9.17) is 18.9 Å². The second kappa shape index (κ2) is 10.7. The summed E-state index contributed by atoms with van der Waals surface area (Å²) in [5.41, 5.74) is 0. The first-order chi connectivity index (χ1) is 14.5. The maximum atomic E-state index is 13.2. The Kier molecular flexibility index (Phi) is 7.95. The fourth-order valence-corrected chi connectivity index (χ4v) is 4.72. The summed E-state index contributed by atoms with van der Waals surface area (Å²) in [6, 6.07) is 13.9. The Hall–Kier alpha value is -2.29. The van der Waals surface area contributed by atoms with Crippen LogP contribution in [0.3, 0.4) is 0 Å². The molecule has 0 saturated heterocycles. The number of para-hydroxylation sites is 2. The minimum absolute atomic E-state index is 0.219. The molecule has 0 amide bonds.